The average molecular weight is 451 g/mol. The second kappa shape index (κ2) is 7.63. The number of rotatable bonds is 4. The van der Waals surface area contributed by atoms with Crippen molar-refractivity contribution in [2.75, 3.05) is 6.26 Å². The first-order valence-electron chi connectivity index (χ1n) is 7.93. The Kier molecular flexibility index (Phi) is 5.50. The highest BCUT2D eigenvalue weighted by Crippen LogP contribution is 2.30. The summed E-state index contributed by atoms with van der Waals surface area (Å²) >= 11 is 0. The summed E-state index contributed by atoms with van der Waals surface area (Å²) in [7, 11) is -3.03. The lowest BCUT2D eigenvalue weighted by Crippen LogP contribution is -2.17. The lowest BCUT2D eigenvalue weighted by atomic mass is 10.2. The Morgan fingerprint density at radius 1 is 0.967 bits per heavy atom. The van der Waals surface area contributed by atoms with E-state index in [1.54, 1.807) is 0 Å². The van der Waals surface area contributed by atoms with Crippen molar-refractivity contribution in [1.29, 1.82) is 0 Å². The smallest absolute Gasteiger partial charge is 0.406 e. The van der Waals surface area contributed by atoms with Gasteiger partial charge in [0.2, 0.25) is 5.82 Å². The lowest BCUT2D eigenvalue weighted by molar-refractivity contribution is -0.274. The summed E-state index contributed by atoms with van der Waals surface area (Å²) in [6.07, 6.45) is -8.33. The molecule has 1 aromatic heterocycles. The minimum absolute atomic E-state index is 0.161. The third-order valence-corrected chi connectivity index (χ3v) is 5.27. The second-order valence-corrected chi connectivity index (χ2v) is 8.14. The van der Waals surface area contributed by atoms with Crippen LogP contribution in [0, 0.1) is 0 Å². The van der Waals surface area contributed by atoms with Gasteiger partial charge >= 0.3 is 18.4 Å². The molecule has 3 rings (SSSR count). The summed E-state index contributed by atoms with van der Waals surface area (Å²) in [5.41, 5.74) is 0.436. The standard InChI is InChI=1S/C17H11F6N3O3S/c1-30(27,13-8-6-12(7-9-13)28-17(21,22)23)26-11-4-2-10(3-5-11)14-24-15(29-25-14)16(18,19)20/h2-9H,1H3. The Balaban J connectivity index is 1.82. The minimum atomic E-state index is -4.85. The first kappa shape index (κ1) is 21.6. The number of alkyl halides is 6. The lowest BCUT2D eigenvalue weighted by Gasteiger charge is -2.10. The van der Waals surface area contributed by atoms with Gasteiger partial charge in [-0.15, -0.1) is 13.2 Å². The van der Waals surface area contributed by atoms with Crippen LogP contribution in [-0.4, -0.2) is 27.0 Å². The molecule has 0 fully saturated rings. The van der Waals surface area contributed by atoms with Gasteiger partial charge in [0.15, 0.2) is 0 Å². The molecule has 0 spiro atoms. The van der Waals surface area contributed by atoms with Crippen LogP contribution in [-0.2, 0) is 15.9 Å². The summed E-state index contributed by atoms with van der Waals surface area (Å²) in [6.45, 7) is 0. The van der Waals surface area contributed by atoms with Crippen molar-refractivity contribution in [2.24, 2.45) is 4.36 Å². The number of hydrogen-bond donors (Lipinski definition) is 0. The minimum Gasteiger partial charge on any atom is -0.406 e. The van der Waals surface area contributed by atoms with Crippen LogP contribution in [0.2, 0.25) is 0 Å². The number of hydrogen-bond acceptors (Lipinski definition) is 6. The molecule has 0 aliphatic rings. The van der Waals surface area contributed by atoms with E-state index in [9.17, 15) is 30.6 Å². The first-order chi connectivity index (χ1) is 13.8. The van der Waals surface area contributed by atoms with Crippen LogP contribution in [0.25, 0.3) is 11.4 Å². The molecular weight excluding hydrogens is 440 g/mol. The highest BCUT2D eigenvalue weighted by atomic mass is 32.2. The van der Waals surface area contributed by atoms with Gasteiger partial charge in [0.25, 0.3) is 0 Å². The van der Waals surface area contributed by atoms with E-state index >= 15 is 0 Å². The number of aromatic nitrogens is 2. The SMILES string of the molecule is CS(=O)(=Nc1ccc(-c2noc(C(F)(F)F)n2)cc1)c1ccc(OC(F)(F)F)cc1. The van der Waals surface area contributed by atoms with Crippen molar-refractivity contribution in [1.82, 2.24) is 10.1 Å². The molecule has 3 aromatic rings. The summed E-state index contributed by atoms with van der Waals surface area (Å²) in [5, 5.41) is 3.25. The van der Waals surface area contributed by atoms with Crippen LogP contribution in [0.15, 0.2) is 62.3 Å². The van der Waals surface area contributed by atoms with Gasteiger partial charge in [0, 0.05) is 16.7 Å². The Hall–Kier alpha value is -3.09. The van der Waals surface area contributed by atoms with Gasteiger partial charge in [-0.1, -0.05) is 5.16 Å². The van der Waals surface area contributed by atoms with Gasteiger partial charge in [-0.3, -0.25) is 0 Å². The predicted octanol–water partition coefficient (Wildman–Crippen LogP) is 5.44. The van der Waals surface area contributed by atoms with Crippen molar-refractivity contribution < 1.29 is 39.8 Å². The first-order valence-corrected chi connectivity index (χ1v) is 9.85. The maximum absolute atomic E-state index is 12.8. The van der Waals surface area contributed by atoms with E-state index in [-0.39, 0.29) is 22.0 Å². The fourth-order valence-corrected chi connectivity index (χ4v) is 3.55. The Bertz CT molecular complexity index is 1150. The molecule has 0 radical (unpaired) electrons. The number of nitrogens with zero attached hydrogens (tertiary/aromatic N) is 3. The summed E-state index contributed by atoms with van der Waals surface area (Å²) < 4.78 is 99.0. The molecule has 160 valence electrons. The second-order valence-electron chi connectivity index (χ2n) is 5.88. The maximum Gasteiger partial charge on any atom is 0.573 e. The number of ether oxygens (including phenoxy) is 1. The van der Waals surface area contributed by atoms with Crippen molar-refractivity contribution in [3.8, 4) is 17.1 Å². The van der Waals surface area contributed by atoms with Crippen LogP contribution in [0.5, 0.6) is 5.75 Å². The molecule has 0 saturated heterocycles. The number of halogens is 6. The average Bonchev–Trinajstić information content (AvgIpc) is 3.12. The highest BCUT2D eigenvalue weighted by Gasteiger charge is 2.38. The molecule has 30 heavy (non-hydrogen) atoms. The predicted molar refractivity (Wildman–Crippen MR) is 92.3 cm³/mol. The topological polar surface area (TPSA) is 77.6 Å². The summed E-state index contributed by atoms with van der Waals surface area (Å²) in [4.78, 5) is 3.42. The van der Waals surface area contributed by atoms with Crippen LogP contribution < -0.4 is 4.74 Å². The van der Waals surface area contributed by atoms with Gasteiger partial charge < -0.3 is 9.26 Å². The van der Waals surface area contributed by atoms with Gasteiger partial charge in [-0.05, 0) is 48.5 Å². The zero-order valence-corrected chi connectivity index (χ0v) is 15.7. The normalized spacial score (nSPS) is 14.2. The largest absolute Gasteiger partial charge is 0.573 e. The quantitative estimate of drug-likeness (QED) is 0.494. The molecule has 0 aliphatic heterocycles. The molecule has 0 aliphatic carbocycles. The summed E-state index contributed by atoms with van der Waals surface area (Å²) in [5.74, 6) is -2.24. The van der Waals surface area contributed by atoms with Crippen LogP contribution in [0.4, 0.5) is 32.0 Å². The third kappa shape index (κ3) is 5.28. The van der Waals surface area contributed by atoms with Gasteiger partial charge in [-0.25, -0.2) is 4.21 Å². The van der Waals surface area contributed by atoms with E-state index in [1.165, 1.54) is 42.7 Å². The Morgan fingerprint density at radius 2 is 1.57 bits per heavy atom. The van der Waals surface area contributed by atoms with E-state index in [0.717, 1.165) is 12.1 Å². The fraction of sp³-hybridized carbons (Fsp3) is 0.176. The van der Waals surface area contributed by atoms with Gasteiger partial charge in [0.1, 0.15) is 5.75 Å². The van der Waals surface area contributed by atoms with Crippen molar-refractivity contribution >= 4 is 15.4 Å². The van der Waals surface area contributed by atoms with E-state index < -0.39 is 33.9 Å². The molecule has 0 amide bonds. The van der Waals surface area contributed by atoms with Crippen molar-refractivity contribution in [3.63, 3.8) is 0 Å². The molecule has 0 saturated carbocycles. The van der Waals surface area contributed by atoms with Crippen LogP contribution in [0.1, 0.15) is 5.89 Å². The van der Waals surface area contributed by atoms with Crippen molar-refractivity contribution in [2.45, 2.75) is 17.4 Å². The van der Waals surface area contributed by atoms with Gasteiger partial charge in [-0.2, -0.15) is 22.5 Å². The highest BCUT2D eigenvalue weighted by molar-refractivity contribution is 7.93. The maximum atomic E-state index is 12.8. The zero-order chi connectivity index (χ0) is 22.2. The van der Waals surface area contributed by atoms with Crippen LogP contribution in [0.3, 0.4) is 0 Å². The monoisotopic (exact) mass is 451 g/mol. The molecule has 0 bridgehead atoms. The van der Waals surface area contributed by atoms with E-state index in [1.807, 2.05) is 0 Å². The fourth-order valence-electron chi connectivity index (χ4n) is 2.27. The van der Waals surface area contributed by atoms with Crippen molar-refractivity contribution in [3.05, 3.63) is 54.4 Å². The third-order valence-electron chi connectivity index (χ3n) is 3.57. The van der Waals surface area contributed by atoms with E-state index in [0.29, 0.717) is 0 Å². The van der Waals surface area contributed by atoms with E-state index in [4.69, 9.17) is 0 Å². The zero-order valence-electron chi connectivity index (χ0n) is 14.9. The molecular formula is C17H11F6N3O3S. The molecule has 0 N–H and O–H groups in total. The molecule has 1 unspecified atom stereocenters. The molecule has 2 aromatic carbocycles. The summed E-state index contributed by atoms with van der Waals surface area (Å²) in [6, 6.07) is 9.89. The Morgan fingerprint density at radius 3 is 2.07 bits per heavy atom. The molecule has 1 atom stereocenters. The number of benzene rings is 2. The van der Waals surface area contributed by atoms with Crippen LogP contribution >= 0.6 is 0 Å². The molecule has 6 nitrogen and oxygen atoms in total. The molecule has 1 heterocycles. The van der Waals surface area contributed by atoms with Gasteiger partial charge in [0.05, 0.1) is 15.4 Å². The molecule has 13 heteroatoms. The van der Waals surface area contributed by atoms with E-state index in [2.05, 4.69) is 23.8 Å². The Labute approximate surface area is 165 Å².